The van der Waals surface area contributed by atoms with Crippen LogP contribution in [0.25, 0.3) is 5.57 Å². The van der Waals surface area contributed by atoms with Crippen molar-refractivity contribution >= 4 is 34.4 Å². The molecule has 2 aliphatic rings. The van der Waals surface area contributed by atoms with Crippen LogP contribution in [0.2, 0.25) is 0 Å². The summed E-state index contributed by atoms with van der Waals surface area (Å²) in [5.41, 5.74) is 3.56. The summed E-state index contributed by atoms with van der Waals surface area (Å²) in [5.74, 6) is -0.642. The Bertz CT molecular complexity index is 955. The molecule has 2 heterocycles. The van der Waals surface area contributed by atoms with E-state index in [0.29, 0.717) is 16.8 Å². The number of carbonyl (C=O) groups excluding carboxylic acids is 2. The van der Waals surface area contributed by atoms with Crippen molar-refractivity contribution in [3.63, 3.8) is 0 Å². The second kappa shape index (κ2) is 7.34. The van der Waals surface area contributed by atoms with Crippen molar-refractivity contribution in [3.05, 3.63) is 60.0 Å². The van der Waals surface area contributed by atoms with E-state index in [1.807, 2.05) is 24.3 Å². The molecule has 2 aromatic carbocycles. The third-order valence-corrected chi connectivity index (χ3v) is 4.98. The lowest BCUT2D eigenvalue weighted by Gasteiger charge is -2.19. The molecule has 7 heteroatoms. The summed E-state index contributed by atoms with van der Waals surface area (Å²) in [6, 6.07) is 12.3. The average Bonchev–Trinajstić information content (AvgIpc) is 3.23. The van der Waals surface area contributed by atoms with Gasteiger partial charge in [0.05, 0.1) is 11.3 Å². The molecule has 0 radical (unpaired) electrons. The Morgan fingerprint density at radius 3 is 2.79 bits per heavy atom. The molecular weight excluding hydrogens is 359 g/mol. The summed E-state index contributed by atoms with van der Waals surface area (Å²) in [6.45, 7) is 3.23. The SMILES string of the molecule is CC(=O)NC1CCN(c2ccc(N/C=C3\C(=O)Nc4cc(F)ccc43)cc2)C1. The number of nitrogens with one attached hydrogen (secondary N) is 3. The fourth-order valence-corrected chi connectivity index (χ4v) is 3.63. The van der Waals surface area contributed by atoms with Crippen molar-refractivity contribution in [3.8, 4) is 0 Å². The molecule has 0 bridgehead atoms. The summed E-state index contributed by atoms with van der Waals surface area (Å²) >= 11 is 0. The number of anilines is 3. The molecule has 0 spiro atoms. The zero-order valence-electron chi connectivity index (χ0n) is 15.5. The number of benzene rings is 2. The van der Waals surface area contributed by atoms with Crippen molar-refractivity contribution in [1.82, 2.24) is 5.32 Å². The highest BCUT2D eigenvalue weighted by molar-refractivity contribution is 6.31. The zero-order valence-corrected chi connectivity index (χ0v) is 15.5. The molecule has 144 valence electrons. The summed E-state index contributed by atoms with van der Waals surface area (Å²) in [6.07, 6.45) is 2.57. The Balaban J connectivity index is 1.43. The third kappa shape index (κ3) is 3.69. The maximum Gasteiger partial charge on any atom is 0.257 e. The summed E-state index contributed by atoms with van der Waals surface area (Å²) in [7, 11) is 0. The van der Waals surface area contributed by atoms with Gasteiger partial charge in [-0.25, -0.2) is 4.39 Å². The molecular formula is C21H21FN4O2. The highest BCUT2D eigenvalue weighted by atomic mass is 19.1. The van der Waals surface area contributed by atoms with E-state index in [2.05, 4.69) is 20.9 Å². The molecule has 1 atom stereocenters. The Morgan fingerprint density at radius 1 is 1.25 bits per heavy atom. The Labute approximate surface area is 162 Å². The number of rotatable bonds is 4. The molecule has 1 fully saturated rings. The van der Waals surface area contributed by atoms with E-state index in [1.165, 1.54) is 19.1 Å². The van der Waals surface area contributed by atoms with E-state index in [9.17, 15) is 14.0 Å². The van der Waals surface area contributed by atoms with Crippen LogP contribution in [0.1, 0.15) is 18.9 Å². The van der Waals surface area contributed by atoms with Crippen LogP contribution in [0.15, 0.2) is 48.7 Å². The minimum absolute atomic E-state index is 0.000281. The number of hydrogen-bond donors (Lipinski definition) is 3. The molecule has 2 aliphatic heterocycles. The highest BCUT2D eigenvalue weighted by Crippen LogP contribution is 2.32. The largest absolute Gasteiger partial charge is 0.369 e. The minimum atomic E-state index is -0.383. The molecule has 28 heavy (non-hydrogen) atoms. The summed E-state index contributed by atoms with van der Waals surface area (Å²) < 4.78 is 13.3. The van der Waals surface area contributed by atoms with Crippen molar-refractivity contribution < 1.29 is 14.0 Å². The number of carbonyl (C=O) groups is 2. The second-order valence-corrected chi connectivity index (χ2v) is 7.03. The van der Waals surface area contributed by atoms with Gasteiger partial charge in [-0.3, -0.25) is 9.59 Å². The molecule has 0 saturated carbocycles. The molecule has 1 saturated heterocycles. The highest BCUT2D eigenvalue weighted by Gasteiger charge is 2.25. The lowest BCUT2D eigenvalue weighted by Crippen LogP contribution is -2.35. The Hall–Kier alpha value is -3.35. The Kier molecular flexibility index (Phi) is 4.73. The third-order valence-electron chi connectivity index (χ3n) is 4.98. The van der Waals surface area contributed by atoms with Crippen LogP contribution < -0.4 is 20.9 Å². The normalized spacial score (nSPS) is 19.5. The van der Waals surface area contributed by atoms with Gasteiger partial charge < -0.3 is 20.9 Å². The van der Waals surface area contributed by atoms with E-state index in [0.717, 1.165) is 30.9 Å². The number of amides is 2. The van der Waals surface area contributed by atoms with Crippen molar-refractivity contribution in [2.75, 3.05) is 28.6 Å². The van der Waals surface area contributed by atoms with Crippen LogP contribution in [0, 0.1) is 5.82 Å². The van der Waals surface area contributed by atoms with Gasteiger partial charge in [0.1, 0.15) is 5.82 Å². The number of hydrogen-bond acceptors (Lipinski definition) is 4. The van der Waals surface area contributed by atoms with Crippen molar-refractivity contribution in [2.24, 2.45) is 0 Å². The first-order valence-corrected chi connectivity index (χ1v) is 9.20. The smallest absolute Gasteiger partial charge is 0.257 e. The van der Waals surface area contributed by atoms with Crippen molar-refractivity contribution in [2.45, 2.75) is 19.4 Å². The van der Waals surface area contributed by atoms with Crippen LogP contribution in [-0.2, 0) is 9.59 Å². The molecule has 2 amide bonds. The quantitative estimate of drug-likeness (QED) is 0.713. The predicted molar refractivity (Wildman–Crippen MR) is 108 cm³/mol. The number of halogens is 1. The average molecular weight is 380 g/mol. The maximum atomic E-state index is 13.3. The van der Waals surface area contributed by atoms with Gasteiger partial charge in [-0.15, -0.1) is 0 Å². The van der Waals surface area contributed by atoms with Gasteiger partial charge in [-0.1, -0.05) is 0 Å². The molecule has 0 aliphatic carbocycles. The van der Waals surface area contributed by atoms with Gasteiger partial charge >= 0.3 is 0 Å². The first kappa shape index (κ1) is 18.0. The lowest BCUT2D eigenvalue weighted by atomic mass is 10.1. The lowest BCUT2D eigenvalue weighted by molar-refractivity contribution is -0.119. The van der Waals surface area contributed by atoms with E-state index in [4.69, 9.17) is 0 Å². The Morgan fingerprint density at radius 2 is 2.04 bits per heavy atom. The van der Waals surface area contributed by atoms with E-state index in [1.54, 1.807) is 12.3 Å². The molecule has 2 aromatic rings. The zero-order chi connectivity index (χ0) is 19.7. The fourth-order valence-electron chi connectivity index (χ4n) is 3.63. The summed E-state index contributed by atoms with van der Waals surface area (Å²) in [4.78, 5) is 25.5. The van der Waals surface area contributed by atoms with E-state index < -0.39 is 0 Å². The number of fused-ring (bicyclic) bond motifs is 1. The van der Waals surface area contributed by atoms with Gasteiger partial charge in [0.15, 0.2) is 0 Å². The van der Waals surface area contributed by atoms with E-state index >= 15 is 0 Å². The predicted octanol–water partition coefficient (Wildman–Crippen LogP) is 2.95. The molecule has 3 N–H and O–H groups in total. The number of nitrogens with zero attached hydrogens (tertiary/aromatic N) is 1. The van der Waals surface area contributed by atoms with Gasteiger partial charge in [0.2, 0.25) is 5.91 Å². The van der Waals surface area contributed by atoms with Crippen LogP contribution in [0.4, 0.5) is 21.5 Å². The molecule has 0 aromatic heterocycles. The fraction of sp³-hybridized carbons (Fsp3) is 0.238. The van der Waals surface area contributed by atoms with Gasteiger partial charge in [-0.05, 0) is 48.9 Å². The first-order chi connectivity index (χ1) is 13.5. The van der Waals surface area contributed by atoms with Crippen LogP contribution in [-0.4, -0.2) is 30.9 Å². The summed E-state index contributed by atoms with van der Waals surface area (Å²) in [5, 5.41) is 8.76. The molecule has 4 rings (SSSR count). The molecule has 6 nitrogen and oxygen atoms in total. The van der Waals surface area contributed by atoms with Crippen LogP contribution in [0.5, 0.6) is 0 Å². The minimum Gasteiger partial charge on any atom is -0.369 e. The van der Waals surface area contributed by atoms with Gasteiger partial charge in [0, 0.05) is 49.2 Å². The van der Waals surface area contributed by atoms with E-state index in [-0.39, 0.29) is 23.7 Å². The molecule has 1 unspecified atom stereocenters. The maximum absolute atomic E-state index is 13.3. The first-order valence-electron chi connectivity index (χ1n) is 9.20. The van der Waals surface area contributed by atoms with Gasteiger partial charge in [-0.2, -0.15) is 0 Å². The van der Waals surface area contributed by atoms with Crippen LogP contribution in [0.3, 0.4) is 0 Å². The monoisotopic (exact) mass is 380 g/mol. The topological polar surface area (TPSA) is 73.5 Å². The van der Waals surface area contributed by atoms with Gasteiger partial charge in [0.25, 0.3) is 5.91 Å². The standard InChI is InChI=1S/C21H21FN4O2/c1-13(27)24-16-8-9-26(12-16)17-5-3-15(4-6-17)23-11-19-18-7-2-14(22)10-20(18)25-21(19)28/h2-7,10-11,16,23H,8-9,12H2,1H3,(H,24,27)(H,25,28)/b19-11-. The van der Waals surface area contributed by atoms with Crippen LogP contribution >= 0.6 is 0 Å². The second-order valence-electron chi connectivity index (χ2n) is 7.03. The van der Waals surface area contributed by atoms with Crippen molar-refractivity contribution in [1.29, 1.82) is 0 Å².